The van der Waals surface area contributed by atoms with Gasteiger partial charge in [-0.15, -0.1) is 21.5 Å². The Bertz CT molecular complexity index is 1080. The minimum atomic E-state index is -1.10. The number of ether oxygens (including phenoxy) is 1. The van der Waals surface area contributed by atoms with Crippen LogP contribution in [0.4, 0.5) is 9.52 Å². The number of hydrogen-bond donors (Lipinski definition) is 1. The first kappa shape index (κ1) is 17.0. The SMILES string of the molecule is O=C(CF)Nc1nc(COc2nc3cnnnc3n2-c2ccccc2)cs1. The van der Waals surface area contributed by atoms with Gasteiger partial charge in [0.25, 0.3) is 5.91 Å². The lowest BCUT2D eigenvalue weighted by Gasteiger charge is -2.08. The summed E-state index contributed by atoms with van der Waals surface area (Å²) >= 11 is 1.18. The second-order valence-electron chi connectivity index (χ2n) is 5.32. The number of carbonyl (C=O) groups is 1. The van der Waals surface area contributed by atoms with E-state index in [1.54, 1.807) is 9.95 Å². The number of alkyl halides is 1. The summed E-state index contributed by atoms with van der Waals surface area (Å²) in [5, 5.41) is 15.8. The van der Waals surface area contributed by atoms with Crippen molar-refractivity contribution >= 4 is 33.5 Å². The van der Waals surface area contributed by atoms with Crippen LogP contribution >= 0.6 is 11.3 Å². The molecule has 1 amide bonds. The van der Waals surface area contributed by atoms with E-state index in [9.17, 15) is 9.18 Å². The summed E-state index contributed by atoms with van der Waals surface area (Å²) in [6.45, 7) is -0.986. The highest BCUT2D eigenvalue weighted by Gasteiger charge is 2.16. The van der Waals surface area contributed by atoms with Crippen molar-refractivity contribution in [3.05, 3.63) is 47.6 Å². The van der Waals surface area contributed by atoms with E-state index < -0.39 is 12.6 Å². The van der Waals surface area contributed by atoms with Crippen molar-refractivity contribution in [2.45, 2.75) is 6.61 Å². The van der Waals surface area contributed by atoms with Crippen molar-refractivity contribution in [1.29, 1.82) is 0 Å². The summed E-state index contributed by atoms with van der Waals surface area (Å²) in [4.78, 5) is 19.7. The van der Waals surface area contributed by atoms with Crippen LogP contribution in [0, 0.1) is 0 Å². The number of aromatic nitrogens is 6. The fourth-order valence-electron chi connectivity index (χ4n) is 2.37. The molecule has 0 saturated carbocycles. The minimum absolute atomic E-state index is 0.110. The van der Waals surface area contributed by atoms with Crippen molar-refractivity contribution in [3.63, 3.8) is 0 Å². The van der Waals surface area contributed by atoms with Crippen LogP contribution in [0.3, 0.4) is 0 Å². The van der Waals surface area contributed by atoms with Crippen LogP contribution in [0.5, 0.6) is 6.01 Å². The van der Waals surface area contributed by atoms with E-state index in [1.165, 1.54) is 17.5 Å². The molecule has 0 fully saturated rings. The molecule has 0 aliphatic rings. The van der Waals surface area contributed by atoms with Crippen LogP contribution in [-0.2, 0) is 11.4 Å². The molecule has 0 radical (unpaired) electrons. The fourth-order valence-corrected chi connectivity index (χ4v) is 3.08. The average molecular weight is 385 g/mol. The molecule has 0 spiro atoms. The summed E-state index contributed by atoms with van der Waals surface area (Å²) in [7, 11) is 0. The molecule has 0 saturated heterocycles. The van der Waals surface area contributed by atoms with Gasteiger partial charge in [-0.3, -0.25) is 10.1 Å². The van der Waals surface area contributed by atoms with Crippen LogP contribution in [0.15, 0.2) is 41.9 Å². The molecule has 0 unspecified atom stereocenters. The zero-order valence-electron chi connectivity index (χ0n) is 13.7. The summed E-state index contributed by atoms with van der Waals surface area (Å²) < 4.78 is 19.8. The predicted octanol–water partition coefficient (Wildman–Crippen LogP) is 2.15. The van der Waals surface area contributed by atoms with E-state index in [2.05, 4.69) is 30.7 Å². The first-order valence-electron chi connectivity index (χ1n) is 7.80. The molecule has 4 aromatic rings. The number of halogens is 1. The largest absolute Gasteiger partial charge is 0.458 e. The van der Waals surface area contributed by atoms with E-state index in [-0.39, 0.29) is 6.61 Å². The van der Waals surface area contributed by atoms with Gasteiger partial charge in [-0.05, 0) is 17.3 Å². The molecule has 4 rings (SSSR count). The maximum absolute atomic E-state index is 12.3. The van der Waals surface area contributed by atoms with Crippen LogP contribution < -0.4 is 10.1 Å². The number of imidazole rings is 1. The number of hydrogen-bond acceptors (Lipinski definition) is 8. The lowest BCUT2D eigenvalue weighted by atomic mass is 10.3. The second kappa shape index (κ2) is 7.41. The summed E-state index contributed by atoms with van der Waals surface area (Å²) in [5.41, 5.74) is 2.44. The molecule has 1 aromatic carbocycles. The normalized spacial score (nSPS) is 10.9. The van der Waals surface area contributed by atoms with Gasteiger partial charge in [-0.25, -0.2) is 13.9 Å². The van der Waals surface area contributed by atoms with Crippen LogP contribution in [0.1, 0.15) is 5.69 Å². The predicted molar refractivity (Wildman–Crippen MR) is 95.5 cm³/mol. The first-order valence-corrected chi connectivity index (χ1v) is 8.68. The number of anilines is 1. The monoisotopic (exact) mass is 385 g/mol. The van der Waals surface area contributed by atoms with Crippen LogP contribution in [0.25, 0.3) is 16.9 Å². The number of fused-ring (bicyclic) bond motifs is 1. The van der Waals surface area contributed by atoms with Gasteiger partial charge in [0.15, 0.2) is 17.5 Å². The molecule has 9 nitrogen and oxygen atoms in total. The Morgan fingerprint density at radius 2 is 2.11 bits per heavy atom. The summed E-state index contributed by atoms with van der Waals surface area (Å²) in [6, 6.07) is 9.77. The van der Waals surface area contributed by atoms with Crippen molar-refractivity contribution < 1.29 is 13.9 Å². The van der Waals surface area contributed by atoms with Crippen molar-refractivity contribution in [1.82, 2.24) is 29.9 Å². The van der Waals surface area contributed by atoms with Crippen molar-refractivity contribution in [3.8, 4) is 11.7 Å². The van der Waals surface area contributed by atoms with Crippen LogP contribution in [0.2, 0.25) is 0 Å². The third-order valence-corrected chi connectivity index (χ3v) is 4.31. The van der Waals surface area contributed by atoms with Gasteiger partial charge in [-0.2, -0.15) is 4.98 Å². The minimum Gasteiger partial charge on any atom is -0.458 e. The lowest BCUT2D eigenvalue weighted by Crippen LogP contribution is -2.13. The molecule has 27 heavy (non-hydrogen) atoms. The third kappa shape index (κ3) is 3.58. The number of rotatable bonds is 6. The average Bonchev–Trinajstić information content (AvgIpc) is 3.30. The Balaban J connectivity index is 1.60. The van der Waals surface area contributed by atoms with E-state index >= 15 is 0 Å². The first-order chi connectivity index (χ1) is 13.2. The van der Waals surface area contributed by atoms with Crippen LogP contribution in [-0.4, -0.2) is 42.5 Å². The quantitative estimate of drug-likeness (QED) is 0.542. The Labute approximate surface area is 155 Å². The smallest absolute Gasteiger partial charge is 0.303 e. The molecule has 136 valence electrons. The zero-order chi connectivity index (χ0) is 18.6. The van der Waals surface area contributed by atoms with Gasteiger partial charge in [-0.1, -0.05) is 18.2 Å². The molecular weight excluding hydrogens is 373 g/mol. The molecular formula is C16H12FN7O2S. The zero-order valence-corrected chi connectivity index (χ0v) is 14.6. The molecule has 0 aliphatic carbocycles. The fraction of sp³-hybridized carbons (Fsp3) is 0.125. The highest BCUT2D eigenvalue weighted by atomic mass is 32.1. The molecule has 1 N–H and O–H groups in total. The molecule has 11 heteroatoms. The van der Waals surface area contributed by atoms with E-state index in [4.69, 9.17) is 4.74 Å². The number of amides is 1. The standard InChI is InChI=1S/C16H12FN7O2S/c17-6-13(25)21-15-19-10(9-27-15)8-26-16-20-12-7-18-23-22-14(12)24(16)11-4-2-1-3-5-11/h1-5,7,9H,6,8H2,(H,19,21,25). The molecule has 0 bridgehead atoms. The van der Waals surface area contributed by atoms with Gasteiger partial charge in [0.05, 0.1) is 17.6 Å². The van der Waals surface area contributed by atoms with E-state index in [1.807, 2.05) is 30.3 Å². The van der Waals surface area contributed by atoms with Gasteiger partial charge >= 0.3 is 6.01 Å². The Hall–Kier alpha value is -3.47. The lowest BCUT2D eigenvalue weighted by molar-refractivity contribution is -0.117. The van der Waals surface area contributed by atoms with Crippen molar-refractivity contribution in [2.24, 2.45) is 0 Å². The van der Waals surface area contributed by atoms with Gasteiger partial charge in [0.2, 0.25) is 0 Å². The number of para-hydroxylation sites is 1. The third-order valence-electron chi connectivity index (χ3n) is 3.50. The summed E-state index contributed by atoms with van der Waals surface area (Å²) in [5.74, 6) is -0.742. The number of nitrogens with zero attached hydrogens (tertiary/aromatic N) is 6. The molecule has 3 heterocycles. The Morgan fingerprint density at radius 3 is 2.93 bits per heavy atom. The highest BCUT2D eigenvalue weighted by Crippen LogP contribution is 2.25. The van der Waals surface area contributed by atoms with Crippen molar-refractivity contribution in [2.75, 3.05) is 12.0 Å². The maximum atomic E-state index is 12.3. The number of nitrogens with one attached hydrogen (secondary N) is 1. The Kier molecular flexibility index (Phi) is 4.66. The maximum Gasteiger partial charge on any atom is 0.303 e. The second-order valence-corrected chi connectivity index (χ2v) is 6.18. The number of carbonyl (C=O) groups excluding carboxylic acids is 1. The van der Waals surface area contributed by atoms with E-state index in [0.717, 1.165) is 5.69 Å². The molecule has 0 atom stereocenters. The Morgan fingerprint density at radius 1 is 1.26 bits per heavy atom. The van der Waals surface area contributed by atoms with Gasteiger partial charge < -0.3 is 4.74 Å². The highest BCUT2D eigenvalue weighted by molar-refractivity contribution is 7.13. The topological polar surface area (TPSA) is 108 Å². The van der Waals surface area contributed by atoms with E-state index in [0.29, 0.717) is 28.0 Å². The van der Waals surface area contributed by atoms with Gasteiger partial charge in [0.1, 0.15) is 12.1 Å². The molecule has 3 aromatic heterocycles. The number of thiazole rings is 1. The van der Waals surface area contributed by atoms with Gasteiger partial charge in [0, 0.05) is 5.38 Å². The number of benzene rings is 1. The summed E-state index contributed by atoms with van der Waals surface area (Å²) in [6.07, 6.45) is 1.50. The molecule has 0 aliphatic heterocycles.